The fourth-order valence-electron chi connectivity index (χ4n) is 0.0858. The van der Waals surface area contributed by atoms with E-state index in [0.717, 1.165) is 0 Å². The molecule has 0 aromatic carbocycles. The van der Waals surface area contributed by atoms with Gasteiger partial charge in [-0.15, -0.1) is 0 Å². The van der Waals surface area contributed by atoms with Gasteiger partial charge in [0.1, 0.15) is 0 Å². The van der Waals surface area contributed by atoms with Crippen molar-refractivity contribution in [2.24, 2.45) is 0 Å². The Bertz CT molecular complexity index is 54.8. The van der Waals surface area contributed by atoms with Gasteiger partial charge in [-0.25, -0.2) is 4.39 Å². The molecule has 1 nitrogen and oxygen atoms in total. The van der Waals surface area contributed by atoms with Gasteiger partial charge in [0.05, 0.1) is 5.83 Å². The first-order chi connectivity index (χ1) is 2.77. The monoisotopic (exact) mass is 104 g/mol. The molecule has 0 rings (SSSR count). The van der Waals surface area contributed by atoms with Gasteiger partial charge in [0.2, 0.25) is 9.76 Å². The van der Waals surface area contributed by atoms with Crippen LogP contribution in [0.2, 0.25) is 6.04 Å². The Labute approximate surface area is 38.4 Å². The molecule has 0 bridgehead atoms. The molecule has 34 valence electrons. The lowest BCUT2D eigenvalue weighted by Crippen LogP contribution is -1.82. The zero-order valence-corrected chi connectivity index (χ0v) is 4.24. The smallest absolute Gasteiger partial charge is 0.231 e. The Morgan fingerprint density at radius 1 is 2.00 bits per heavy atom. The Balaban J connectivity index is 2.83. The Morgan fingerprint density at radius 2 is 2.50 bits per heavy atom. The zero-order valence-electron chi connectivity index (χ0n) is 3.24. The van der Waals surface area contributed by atoms with Gasteiger partial charge in [-0.1, -0.05) is 6.58 Å². The Hall–Kier alpha value is -0.153. The first-order valence-electron chi connectivity index (χ1n) is 1.47. The van der Waals surface area contributed by atoms with E-state index in [1.165, 1.54) is 0 Å². The quantitative estimate of drug-likeness (QED) is 0.506. The van der Waals surface area contributed by atoms with Crippen LogP contribution in [0.4, 0.5) is 4.39 Å². The van der Waals surface area contributed by atoms with Gasteiger partial charge in [-0.3, -0.25) is 0 Å². The molecule has 0 aliphatic heterocycles. The second-order valence-electron chi connectivity index (χ2n) is 0.852. The van der Waals surface area contributed by atoms with Gasteiger partial charge >= 0.3 is 0 Å². The van der Waals surface area contributed by atoms with Crippen LogP contribution in [0.5, 0.6) is 0 Å². The lowest BCUT2D eigenvalue weighted by Gasteiger charge is -1.79. The molecule has 0 saturated heterocycles. The minimum Gasteiger partial charge on any atom is -0.431 e. The third kappa shape index (κ3) is 3.85. The third-order valence-electron chi connectivity index (χ3n) is 0.271. The predicted octanol–water partition coefficient (Wildman–Crippen LogP) is 0.499. The van der Waals surface area contributed by atoms with Crippen LogP contribution in [0.3, 0.4) is 0 Å². The van der Waals surface area contributed by atoms with Crippen LogP contribution in [-0.2, 0) is 0 Å². The van der Waals surface area contributed by atoms with E-state index in [4.69, 9.17) is 4.80 Å². The van der Waals surface area contributed by atoms with Crippen molar-refractivity contribution in [1.82, 2.24) is 0 Å². The van der Waals surface area contributed by atoms with E-state index in [1.54, 1.807) is 0 Å². The lowest BCUT2D eigenvalue weighted by molar-refractivity contribution is 0.582. The van der Waals surface area contributed by atoms with Crippen LogP contribution in [-0.4, -0.2) is 14.6 Å². The van der Waals surface area contributed by atoms with Gasteiger partial charge in [-0.2, -0.15) is 0 Å². The maximum atomic E-state index is 11.4. The van der Waals surface area contributed by atoms with Crippen molar-refractivity contribution in [3.05, 3.63) is 12.4 Å². The molecule has 0 saturated carbocycles. The minimum absolute atomic E-state index is 0.0972. The summed E-state index contributed by atoms with van der Waals surface area (Å²) in [6, 6.07) is 0.0972. The first kappa shape index (κ1) is 5.85. The number of hydrogen-bond acceptors (Lipinski definition) is 1. The fourth-order valence-corrected chi connectivity index (χ4v) is 0.257. The summed E-state index contributed by atoms with van der Waals surface area (Å²) in [6.07, 6.45) is 0. The average Bonchev–Trinajstić information content (AvgIpc) is 1.35. The van der Waals surface area contributed by atoms with Gasteiger partial charge in [0.15, 0.2) is 0 Å². The highest BCUT2D eigenvalue weighted by atomic mass is 28.2. The largest absolute Gasteiger partial charge is 0.431 e. The van der Waals surface area contributed by atoms with Crippen LogP contribution in [0.25, 0.3) is 0 Å². The molecule has 0 spiro atoms. The molecule has 2 radical (unpaired) electrons. The molecule has 1 N–H and O–H groups in total. The molecule has 0 aromatic rings. The van der Waals surface area contributed by atoms with E-state index >= 15 is 0 Å². The molecule has 0 amide bonds. The zero-order chi connectivity index (χ0) is 4.99. The average molecular weight is 104 g/mol. The molecular weight excluding hydrogens is 99.1 g/mol. The summed E-state index contributed by atoms with van der Waals surface area (Å²) in [6.45, 7) is 2.93. The Morgan fingerprint density at radius 3 is 2.50 bits per heavy atom. The Kier molecular flexibility index (Phi) is 2.98. The van der Waals surface area contributed by atoms with Crippen molar-refractivity contribution < 1.29 is 9.19 Å². The normalized spacial score (nSPS) is 8.33. The molecular formula is C3H5FOSi. The summed E-state index contributed by atoms with van der Waals surface area (Å²) in [4.78, 5) is 7.96. The number of allylic oxidation sites excluding steroid dienone is 1. The van der Waals surface area contributed by atoms with Crippen molar-refractivity contribution in [1.29, 1.82) is 0 Å². The molecule has 0 unspecified atom stereocenters. The fraction of sp³-hybridized carbons (Fsp3) is 0.333. The van der Waals surface area contributed by atoms with Crippen molar-refractivity contribution in [3.8, 4) is 0 Å². The standard InChI is InChI=1S/C3H5FOSi/c1-3(4)2-6-5/h5H,1-2H2. The van der Waals surface area contributed by atoms with Crippen LogP contribution >= 0.6 is 0 Å². The van der Waals surface area contributed by atoms with Crippen LogP contribution < -0.4 is 0 Å². The third-order valence-corrected chi connectivity index (χ3v) is 0.813. The van der Waals surface area contributed by atoms with E-state index in [-0.39, 0.29) is 15.8 Å². The SMILES string of the molecule is C=C(F)C[Si]O. The summed E-state index contributed by atoms with van der Waals surface area (Å²) < 4.78 is 11.4. The van der Waals surface area contributed by atoms with Gasteiger partial charge in [0, 0.05) is 6.04 Å². The summed E-state index contributed by atoms with van der Waals surface area (Å²) in [5.74, 6) is -0.448. The first-order valence-corrected chi connectivity index (χ1v) is 2.63. The van der Waals surface area contributed by atoms with Crippen molar-refractivity contribution in [2.45, 2.75) is 6.04 Å². The second kappa shape index (κ2) is 3.05. The highest BCUT2D eigenvalue weighted by molar-refractivity contribution is 6.26. The molecule has 0 fully saturated rings. The maximum Gasteiger partial charge on any atom is 0.231 e. The van der Waals surface area contributed by atoms with Crippen molar-refractivity contribution in [3.63, 3.8) is 0 Å². The van der Waals surface area contributed by atoms with Crippen molar-refractivity contribution >= 4 is 9.76 Å². The van der Waals surface area contributed by atoms with E-state index in [2.05, 4.69) is 6.58 Å². The van der Waals surface area contributed by atoms with E-state index < -0.39 is 5.83 Å². The topological polar surface area (TPSA) is 20.2 Å². The van der Waals surface area contributed by atoms with Gasteiger partial charge in [0.25, 0.3) is 0 Å². The molecule has 0 aliphatic rings. The number of rotatable bonds is 2. The van der Waals surface area contributed by atoms with Gasteiger partial charge in [-0.05, 0) is 0 Å². The molecule has 0 aliphatic carbocycles. The second-order valence-corrected chi connectivity index (χ2v) is 1.52. The molecule has 0 atom stereocenters. The molecule has 0 heterocycles. The maximum absolute atomic E-state index is 11.4. The highest BCUT2D eigenvalue weighted by Gasteiger charge is 1.85. The summed E-state index contributed by atoms with van der Waals surface area (Å²) >= 11 is 0. The lowest BCUT2D eigenvalue weighted by atomic mass is 10.7. The van der Waals surface area contributed by atoms with Crippen LogP contribution in [0.15, 0.2) is 12.4 Å². The van der Waals surface area contributed by atoms with E-state index in [0.29, 0.717) is 0 Å². The van der Waals surface area contributed by atoms with E-state index in [9.17, 15) is 4.39 Å². The van der Waals surface area contributed by atoms with Crippen LogP contribution in [0.1, 0.15) is 0 Å². The molecule has 3 heteroatoms. The molecule has 6 heavy (non-hydrogen) atoms. The molecule has 0 aromatic heterocycles. The van der Waals surface area contributed by atoms with Gasteiger partial charge < -0.3 is 4.80 Å². The number of halogens is 1. The summed E-state index contributed by atoms with van der Waals surface area (Å²) in [5, 5.41) is 0. The minimum atomic E-state index is -0.448. The number of hydrogen-bond donors (Lipinski definition) is 1. The highest BCUT2D eigenvalue weighted by Crippen LogP contribution is 1.94. The summed E-state index contributed by atoms with van der Waals surface area (Å²) in [5.41, 5.74) is 0. The van der Waals surface area contributed by atoms with Crippen molar-refractivity contribution in [2.75, 3.05) is 0 Å². The van der Waals surface area contributed by atoms with E-state index in [1.807, 2.05) is 0 Å². The summed E-state index contributed by atoms with van der Waals surface area (Å²) in [7, 11) is -0.336. The predicted molar refractivity (Wildman–Crippen MR) is 23.0 cm³/mol. The van der Waals surface area contributed by atoms with Crippen LogP contribution in [0, 0.1) is 0 Å².